The molecule has 0 spiro atoms. The molecule has 0 saturated carbocycles. The fraction of sp³-hybridized carbons (Fsp3) is 0.286. The maximum Gasteiger partial charge on any atom is 0.215 e. The van der Waals surface area contributed by atoms with E-state index in [9.17, 15) is 0 Å². The van der Waals surface area contributed by atoms with Gasteiger partial charge in [0.2, 0.25) is 5.78 Å². The second-order valence-corrected chi connectivity index (χ2v) is 6.33. The Labute approximate surface area is 148 Å². The first-order valence-electron chi connectivity index (χ1n) is 9.06. The van der Waals surface area contributed by atoms with Gasteiger partial charge in [-0.25, -0.2) is 4.98 Å². The number of hydrogen-bond donors (Lipinski definition) is 0. The van der Waals surface area contributed by atoms with Crippen molar-refractivity contribution in [3.05, 3.63) is 60.8 Å². The molecule has 4 nitrogen and oxygen atoms in total. The summed E-state index contributed by atoms with van der Waals surface area (Å²) in [6.07, 6.45) is 2.15. The lowest BCUT2D eigenvalue weighted by Crippen LogP contribution is -2.27. The number of para-hydroxylation sites is 2. The van der Waals surface area contributed by atoms with Gasteiger partial charge in [-0.15, -0.1) is 0 Å². The number of fused-ring (bicyclic) bond motifs is 3. The standard InChI is InChI=1S/C21H24N4/c1-3-23(4-2)14-15-24-19-12-8-9-13-20(19)25-16-18(22-21(24)25)17-10-6-5-7-11-17/h5-13,16H,3-4,14-15H2,1-2H3. The Bertz CT molecular complexity index is 977. The van der Waals surface area contributed by atoms with E-state index in [0.29, 0.717) is 0 Å². The van der Waals surface area contributed by atoms with E-state index in [0.717, 1.165) is 43.2 Å². The molecule has 0 unspecified atom stereocenters. The molecule has 0 radical (unpaired) electrons. The van der Waals surface area contributed by atoms with Gasteiger partial charge in [0, 0.05) is 24.8 Å². The summed E-state index contributed by atoms with van der Waals surface area (Å²) in [6, 6.07) is 19.0. The van der Waals surface area contributed by atoms with Crippen molar-refractivity contribution in [1.82, 2.24) is 18.9 Å². The summed E-state index contributed by atoms with van der Waals surface area (Å²) in [4.78, 5) is 7.41. The summed E-state index contributed by atoms with van der Waals surface area (Å²) in [5.41, 5.74) is 4.65. The maximum atomic E-state index is 4.96. The largest absolute Gasteiger partial charge is 0.308 e. The van der Waals surface area contributed by atoms with Gasteiger partial charge in [-0.3, -0.25) is 4.40 Å². The Morgan fingerprint density at radius 2 is 1.56 bits per heavy atom. The van der Waals surface area contributed by atoms with Crippen LogP contribution in [-0.4, -0.2) is 38.5 Å². The van der Waals surface area contributed by atoms with Crippen LogP contribution in [0.15, 0.2) is 60.8 Å². The second-order valence-electron chi connectivity index (χ2n) is 6.33. The molecule has 128 valence electrons. The predicted octanol–water partition coefficient (Wildman–Crippen LogP) is 4.30. The van der Waals surface area contributed by atoms with E-state index < -0.39 is 0 Å². The minimum absolute atomic E-state index is 0.948. The van der Waals surface area contributed by atoms with E-state index in [4.69, 9.17) is 4.98 Å². The van der Waals surface area contributed by atoms with Gasteiger partial charge in [0.05, 0.1) is 16.7 Å². The Morgan fingerprint density at radius 3 is 2.28 bits per heavy atom. The van der Waals surface area contributed by atoms with Gasteiger partial charge in [0.1, 0.15) is 0 Å². The summed E-state index contributed by atoms with van der Waals surface area (Å²) >= 11 is 0. The topological polar surface area (TPSA) is 25.5 Å². The molecular weight excluding hydrogens is 308 g/mol. The van der Waals surface area contributed by atoms with Crippen LogP contribution in [0.4, 0.5) is 0 Å². The highest BCUT2D eigenvalue weighted by Crippen LogP contribution is 2.25. The van der Waals surface area contributed by atoms with Crippen molar-refractivity contribution < 1.29 is 0 Å². The first-order chi connectivity index (χ1) is 12.3. The molecule has 25 heavy (non-hydrogen) atoms. The summed E-state index contributed by atoms with van der Waals surface area (Å²) < 4.78 is 4.57. The highest BCUT2D eigenvalue weighted by molar-refractivity contribution is 5.82. The van der Waals surface area contributed by atoms with Crippen molar-refractivity contribution in [3.8, 4) is 11.3 Å². The van der Waals surface area contributed by atoms with Gasteiger partial charge in [-0.05, 0) is 25.2 Å². The van der Waals surface area contributed by atoms with Crippen LogP contribution in [0.2, 0.25) is 0 Å². The summed E-state index contributed by atoms with van der Waals surface area (Å²) in [5.74, 6) is 1.02. The minimum atomic E-state index is 0.948. The lowest BCUT2D eigenvalue weighted by molar-refractivity contribution is 0.293. The molecule has 0 atom stereocenters. The number of nitrogens with zero attached hydrogens (tertiary/aromatic N) is 4. The molecule has 0 N–H and O–H groups in total. The molecule has 0 amide bonds. The molecule has 0 aliphatic heterocycles. The molecule has 0 fully saturated rings. The fourth-order valence-electron chi connectivity index (χ4n) is 3.49. The minimum Gasteiger partial charge on any atom is -0.308 e. The third-order valence-electron chi connectivity index (χ3n) is 4.96. The van der Waals surface area contributed by atoms with E-state index in [1.165, 1.54) is 11.0 Å². The fourth-order valence-corrected chi connectivity index (χ4v) is 3.49. The molecule has 2 aromatic carbocycles. The average Bonchev–Trinajstić information content (AvgIpc) is 3.22. The predicted molar refractivity (Wildman–Crippen MR) is 104 cm³/mol. The van der Waals surface area contributed by atoms with Crippen LogP contribution in [0.25, 0.3) is 28.1 Å². The maximum absolute atomic E-state index is 4.96. The summed E-state index contributed by atoms with van der Waals surface area (Å²) in [5, 5.41) is 0. The quantitative estimate of drug-likeness (QED) is 0.526. The number of benzene rings is 2. The third kappa shape index (κ3) is 2.83. The lowest BCUT2D eigenvalue weighted by atomic mass is 10.2. The van der Waals surface area contributed by atoms with Crippen molar-refractivity contribution >= 4 is 16.8 Å². The number of hydrogen-bond acceptors (Lipinski definition) is 2. The van der Waals surface area contributed by atoms with Crippen LogP contribution in [-0.2, 0) is 6.54 Å². The third-order valence-corrected chi connectivity index (χ3v) is 4.96. The smallest absolute Gasteiger partial charge is 0.215 e. The number of imidazole rings is 2. The van der Waals surface area contributed by atoms with Gasteiger partial charge in [0.15, 0.2) is 0 Å². The Kier molecular flexibility index (Phi) is 4.28. The molecule has 4 aromatic rings. The second kappa shape index (κ2) is 6.73. The van der Waals surface area contributed by atoms with E-state index >= 15 is 0 Å². The monoisotopic (exact) mass is 332 g/mol. The lowest BCUT2D eigenvalue weighted by Gasteiger charge is -2.18. The molecule has 4 heteroatoms. The van der Waals surface area contributed by atoms with E-state index in [1.807, 2.05) is 6.07 Å². The molecule has 0 saturated heterocycles. The van der Waals surface area contributed by atoms with E-state index in [1.54, 1.807) is 0 Å². The van der Waals surface area contributed by atoms with Crippen LogP contribution >= 0.6 is 0 Å². The SMILES string of the molecule is CCN(CC)CCn1c2ccccc2n2cc(-c3ccccc3)nc12. The molecular formula is C21H24N4. The van der Waals surface area contributed by atoms with Gasteiger partial charge in [-0.2, -0.15) is 0 Å². The number of aromatic nitrogens is 3. The summed E-state index contributed by atoms with van der Waals surface area (Å²) in [7, 11) is 0. The van der Waals surface area contributed by atoms with Gasteiger partial charge >= 0.3 is 0 Å². The Hall–Kier alpha value is -2.59. The first-order valence-corrected chi connectivity index (χ1v) is 9.06. The van der Waals surface area contributed by atoms with Crippen molar-refractivity contribution in [2.24, 2.45) is 0 Å². The highest BCUT2D eigenvalue weighted by Gasteiger charge is 2.14. The van der Waals surface area contributed by atoms with Gasteiger partial charge in [-0.1, -0.05) is 56.3 Å². The number of likely N-dealkylation sites (N-methyl/N-ethyl adjacent to an activating group) is 1. The molecule has 2 heterocycles. The summed E-state index contributed by atoms with van der Waals surface area (Å²) in [6.45, 7) is 8.58. The molecule has 0 bridgehead atoms. The Morgan fingerprint density at radius 1 is 0.880 bits per heavy atom. The van der Waals surface area contributed by atoms with Crippen LogP contribution in [0, 0.1) is 0 Å². The normalized spacial score (nSPS) is 11.8. The first kappa shape index (κ1) is 15.9. The van der Waals surface area contributed by atoms with Crippen LogP contribution in [0.1, 0.15) is 13.8 Å². The zero-order valence-electron chi connectivity index (χ0n) is 14.9. The van der Waals surface area contributed by atoms with E-state index in [-0.39, 0.29) is 0 Å². The van der Waals surface area contributed by atoms with Crippen molar-refractivity contribution in [2.45, 2.75) is 20.4 Å². The zero-order valence-corrected chi connectivity index (χ0v) is 14.9. The van der Waals surface area contributed by atoms with Gasteiger partial charge in [0.25, 0.3) is 0 Å². The molecule has 4 rings (SSSR count). The average molecular weight is 332 g/mol. The molecule has 0 aliphatic rings. The molecule has 2 aromatic heterocycles. The van der Waals surface area contributed by atoms with Crippen LogP contribution in [0.3, 0.4) is 0 Å². The molecule has 0 aliphatic carbocycles. The van der Waals surface area contributed by atoms with Crippen LogP contribution < -0.4 is 0 Å². The van der Waals surface area contributed by atoms with E-state index in [2.05, 4.69) is 82.4 Å². The van der Waals surface area contributed by atoms with Gasteiger partial charge < -0.3 is 9.47 Å². The van der Waals surface area contributed by atoms with Crippen molar-refractivity contribution in [3.63, 3.8) is 0 Å². The Balaban J connectivity index is 1.82. The number of rotatable bonds is 6. The zero-order chi connectivity index (χ0) is 17.2. The van der Waals surface area contributed by atoms with Crippen molar-refractivity contribution in [1.29, 1.82) is 0 Å². The van der Waals surface area contributed by atoms with Crippen LogP contribution in [0.5, 0.6) is 0 Å². The highest BCUT2D eigenvalue weighted by atomic mass is 15.2. The van der Waals surface area contributed by atoms with Crippen molar-refractivity contribution in [2.75, 3.05) is 19.6 Å².